The molecule has 0 atom stereocenters. The van der Waals surface area contributed by atoms with E-state index in [4.69, 9.17) is 15.3 Å². The summed E-state index contributed by atoms with van der Waals surface area (Å²) < 4.78 is 3.66. The molecule has 0 spiro atoms. The van der Waals surface area contributed by atoms with Gasteiger partial charge < -0.3 is 20.6 Å². The summed E-state index contributed by atoms with van der Waals surface area (Å²) in [6, 6.07) is 0. The first-order valence-corrected chi connectivity index (χ1v) is 5.86. The summed E-state index contributed by atoms with van der Waals surface area (Å²) in [6.45, 7) is 0.170. The van der Waals surface area contributed by atoms with Gasteiger partial charge in [-0.2, -0.15) is 0 Å². The zero-order chi connectivity index (χ0) is 12.9. The van der Waals surface area contributed by atoms with E-state index in [0.717, 1.165) is 11.5 Å². The summed E-state index contributed by atoms with van der Waals surface area (Å²) in [5.41, 5.74) is -0.873. The lowest BCUT2D eigenvalue weighted by molar-refractivity contribution is 0.0376. The topological polar surface area (TPSA) is 116 Å². The molecule has 0 aromatic carbocycles. The Hall–Kier alpha value is -1.09. The Labute approximate surface area is 102 Å². The molecule has 0 saturated carbocycles. The summed E-state index contributed by atoms with van der Waals surface area (Å²) in [4.78, 5) is 12.2. The van der Waals surface area contributed by atoms with E-state index < -0.39 is 31.3 Å². The summed E-state index contributed by atoms with van der Waals surface area (Å²) in [5.74, 6) is -0.506. The minimum absolute atomic E-state index is 0.326. The van der Waals surface area contributed by atoms with E-state index in [9.17, 15) is 4.79 Å². The van der Waals surface area contributed by atoms with Crippen LogP contribution in [0.2, 0.25) is 0 Å². The molecule has 0 saturated heterocycles. The molecule has 1 rings (SSSR count). The lowest BCUT2D eigenvalue weighted by Gasteiger charge is -2.28. The normalized spacial score (nSPS) is 11.5. The predicted molar refractivity (Wildman–Crippen MR) is 60.7 cm³/mol. The maximum Gasteiger partial charge on any atom is 0.265 e. The first-order chi connectivity index (χ1) is 8.12. The van der Waals surface area contributed by atoms with Gasteiger partial charge in [0.25, 0.3) is 5.91 Å². The second-order valence-electron chi connectivity index (χ2n) is 3.61. The second kappa shape index (κ2) is 6.01. The molecule has 1 heterocycles. The highest BCUT2D eigenvalue weighted by molar-refractivity contribution is 7.08. The summed E-state index contributed by atoms with van der Waals surface area (Å²) in [6.07, 6.45) is 0.559. The van der Waals surface area contributed by atoms with Crippen LogP contribution in [0.1, 0.15) is 22.3 Å². The zero-order valence-electron chi connectivity index (χ0n) is 9.38. The number of carbonyl (C=O) groups excluding carboxylic acids is 1. The summed E-state index contributed by atoms with van der Waals surface area (Å²) in [7, 11) is 0. The van der Waals surface area contributed by atoms with Gasteiger partial charge in [-0.3, -0.25) is 4.79 Å². The molecule has 0 radical (unpaired) electrons. The smallest absolute Gasteiger partial charge is 0.265 e. The van der Waals surface area contributed by atoms with Crippen molar-refractivity contribution in [1.82, 2.24) is 14.9 Å². The van der Waals surface area contributed by atoms with Crippen molar-refractivity contribution >= 4 is 17.4 Å². The van der Waals surface area contributed by atoms with Crippen molar-refractivity contribution in [2.75, 3.05) is 19.8 Å². The van der Waals surface area contributed by atoms with Crippen LogP contribution in [0.15, 0.2) is 0 Å². The van der Waals surface area contributed by atoms with Gasteiger partial charge in [0.05, 0.1) is 25.5 Å². The number of hydrogen-bond acceptors (Lipinski definition) is 7. The molecule has 8 heteroatoms. The highest BCUT2D eigenvalue weighted by atomic mass is 32.1. The Morgan fingerprint density at radius 3 is 2.41 bits per heavy atom. The third-order valence-corrected chi connectivity index (χ3v) is 3.15. The highest BCUT2D eigenvalue weighted by Gasteiger charge is 2.31. The molecule has 0 unspecified atom stereocenters. The number of nitrogens with zero attached hydrogens (tertiary/aromatic N) is 2. The first-order valence-electron chi connectivity index (χ1n) is 5.08. The van der Waals surface area contributed by atoms with Crippen LogP contribution in [0.5, 0.6) is 0 Å². The van der Waals surface area contributed by atoms with E-state index in [1.807, 2.05) is 6.92 Å². The first kappa shape index (κ1) is 14.0. The molecular formula is C9H15N3O4S. The van der Waals surface area contributed by atoms with Gasteiger partial charge in [0.2, 0.25) is 0 Å². The molecule has 1 aromatic rings. The molecule has 0 aliphatic carbocycles. The van der Waals surface area contributed by atoms with E-state index >= 15 is 0 Å². The Kier molecular flexibility index (Phi) is 4.94. The largest absolute Gasteiger partial charge is 0.394 e. The molecule has 0 aliphatic rings. The fourth-order valence-corrected chi connectivity index (χ4v) is 1.82. The predicted octanol–water partition coefficient (Wildman–Crippen LogP) is -1.45. The van der Waals surface area contributed by atoms with Crippen LogP contribution in [-0.4, -0.2) is 56.2 Å². The second-order valence-corrected chi connectivity index (χ2v) is 4.37. The van der Waals surface area contributed by atoms with Crippen LogP contribution < -0.4 is 5.32 Å². The third kappa shape index (κ3) is 2.97. The maximum atomic E-state index is 11.9. The van der Waals surface area contributed by atoms with Crippen LogP contribution >= 0.6 is 11.5 Å². The Balaban J connectivity index is 2.84. The number of nitrogens with one attached hydrogen (secondary N) is 1. The van der Waals surface area contributed by atoms with E-state index in [2.05, 4.69) is 14.9 Å². The molecule has 0 aliphatic heterocycles. The molecule has 17 heavy (non-hydrogen) atoms. The highest BCUT2D eigenvalue weighted by Crippen LogP contribution is 2.13. The van der Waals surface area contributed by atoms with Crippen LogP contribution in [0, 0.1) is 0 Å². The van der Waals surface area contributed by atoms with Crippen molar-refractivity contribution in [2.24, 2.45) is 0 Å². The average Bonchev–Trinajstić information content (AvgIpc) is 2.84. The van der Waals surface area contributed by atoms with Crippen LogP contribution in [-0.2, 0) is 6.42 Å². The van der Waals surface area contributed by atoms with Crippen molar-refractivity contribution in [3.63, 3.8) is 0 Å². The van der Waals surface area contributed by atoms with Crippen molar-refractivity contribution in [3.8, 4) is 0 Å². The van der Waals surface area contributed by atoms with Gasteiger partial charge in [-0.05, 0) is 18.0 Å². The number of hydrogen-bond donors (Lipinski definition) is 4. The molecule has 1 amide bonds. The lowest BCUT2D eigenvalue weighted by Crippen LogP contribution is -2.57. The molecule has 7 nitrogen and oxygen atoms in total. The Morgan fingerprint density at radius 1 is 1.35 bits per heavy atom. The van der Waals surface area contributed by atoms with E-state index in [1.165, 1.54) is 0 Å². The number of aryl methyl sites for hydroxylation is 1. The number of aromatic nitrogens is 2. The number of amides is 1. The number of aliphatic hydroxyl groups excluding tert-OH is 3. The molecule has 4 N–H and O–H groups in total. The van der Waals surface area contributed by atoms with Crippen molar-refractivity contribution < 1.29 is 20.1 Å². The minimum atomic E-state index is -1.42. The standard InChI is InChI=1S/C9H15N3O4S/c1-2-6-7(17-12-11-6)8(16)10-9(3-13,4-14)5-15/h13-15H,2-5H2,1H3,(H,10,16). The van der Waals surface area contributed by atoms with Gasteiger partial charge in [0.15, 0.2) is 0 Å². The Morgan fingerprint density at radius 2 is 1.94 bits per heavy atom. The SMILES string of the molecule is CCc1nnsc1C(=O)NC(CO)(CO)CO. The van der Waals surface area contributed by atoms with Gasteiger partial charge in [-0.1, -0.05) is 11.4 Å². The van der Waals surface area contributed by atoms with Crippen molar-refractivity contribution in [3.05, 3.63) is 10.6 Å². The zero-order valence-corrected chi connectivity index (χ0v) is 10.2. The molecule has 0 fully saturated rings. The fraction of sp³-hybridized carbons (Fsp3) is 0.667. The van der Waals surface area contributed by atoms with Crippen molar-refractivity contribution in [1.29, 1.82) is 0 Å². The average molecular weight is 261 g/mol. The van der Waals surface area contributed by atoms with E-state index in [0.29, 0.717) is 17.0 Å². The van der Waals surface area contributed by atoms with Gasteiger partial charge in [-0.15, -0.1) is 5.10 Å². The molecule has 0 bridgehead atoms. The third-order valence-electron chi connectivity index (χ3n) is 2.38. The molecular weight excluding hydrogens is 246 g/mol. The van der Waals surface area contributed by atoms with Crippen LogP contribution in [0.25, 0.3) is 0 Å². The van der Waals surface area contributed by atoms with Crippen LogP contribution in [0.4, 0.5) is 0 Å². The number of rotatable bonds is 6. The van der Waals surface area contributed by atoms with Crippen LogP contribution in [0.3, 0.4) is 0 Å². The van der Waals surface area contributed by atoms with Crippen molar-refractivity contribution in [2.45, 2.75) is 18.9 Å². The number of aliphatic hydroxyl groups is 3. The lowest BCUT2D eigenvalue weighted by atomic mass is 10.0. The van der Waals surface area contributed by atoms with E-state index in [-0.39, 0.29) is 0 Å². The minimum Gasteiger partial charge on any atom is -0.394 e. The number of carbonyl (C=O) groups is 1. The van der Waals surface area contributed by atoms with E-state index in [1.54, 1.807) is 0 Å². The maximum absolute atomic E-state index is 11.9. The van der Waals surface area contributed by atoms with Gasteiger partial charge in [-0.25, -0.2) is 0 Å². The van der Waals surface area contributed by atoms with Gasteiger partial charge in [0, 0.05) is 0 Å². The fourth-order valence-electron chi connectivity index (χ4n) is 1.18. The molecule has 96 valence electrons. The molecule has 1 aromatic heterocycles. The summed E-state index contributed by atoms with van der Waals surface area (Å²) in [5, 5.41) is 33.4. The Bertz CT molecular complexity index is 370. The summed E-state index contributed by atoms with van der Waals surface area (Å²) >= 11 is 0.936. The van der Waals surface area contributed by atoms with Gasteiger partial charge >= 0.3 is 0 Å². The monoisotopic (exact) mass is 261 g/mol. The van der Waals surface area contributed by atoms with Gasteiger partial charge in [0.1, 0.15) is 10.4 Å². The quantitative estimate of drug-likeness (QED) is 0.498.